The van der Waals surface area contributed by atoms with Gasteiger partial charge >= 0.3 is 0 Å². The van der Waals surface area contributed by atoms with Crippen LogP contribution in [0.15, 0.2) is 42.7 Å². The number of aliphatic hydroxyl groups excluding tert-OH is 1. The van der Waals surface area contributed by atoms with Gasteiger partial charge in [0.2, 0.25) is 0 Å². The molecule has 2 N–H and O–H groups in total. The number of halogens is 2. The van der Waals surface area contributed by atoms with Gasteiger partial charge in [0.05, 0.1) is 29.9 Å². The molecule has 6 nitrogen and oxygen atoms in total. The predicted octanol–water partition coefficient (Wildman–Crippen LogP) is 3.85. The predicted molar refractivity (Wildman–Crippen MR) is 117 cm³/mol. The quantitative estimate of drug-likeness (QED) is 0.611. The van der Waals surface area contributed by atoms with Crippen LogP contribution in [0.1, 0.15) is 54.1 Å². The standard InChI is InChI=1S/C24H26F2N4O2/c25-16-4-5-20(26)18(11-16)21-3-1-9-29(21)17-6-10-30-22(12-17)19(13-28-30)23(32)27-14-24(15-31)7-2-8-24/h4-6,10-13,21,31H,1-3,7-9,14-15H2,(H,27,32). The van der Waals surface area contributed by atoms with Gasteiger partial charge < -0.3 is 15.3 Å². The average Bonchev–Trinajstić information content (AvgIpc) is 3.41. The van der Waals surface area contributed by atoms with Crippen LogP contribution in [0.5, 0.6) is 0 Å². The summed E-state index contributed by atoms with van der Waals surface area (Å²) in [7, 11) is 0. The van der Waals surface area contributed by atoms with Crippen molar-refractivity contribution in [2.75, 3.05) is 24.6 Å². The Labute approximate surface area is 184 Å². The topological polar surface area (TPSA) is 69.9 Å². The summed E-state index contributed by atoms with van der Waals surface area (Å²) in [6.45, 7) is 1.22. The molecule has 1 amide bonds. The summed E-state index contributed by atoms with van der Waals surface area (Å²) in [5.74, 6) is -1.10. The maximum atomic E-state index is 14.5. The van der Waals surface area contributed by atoms with Gasteiger partial charge in [-0.05, 0) is 56.0 Å². The molecule has 3 aromatic rings. The van der Waals surface area contributed by atoms with Gasteiger partial charge in [-0.3, -0.25) is 4.79 Å². The number of pyridine rings is 1. The van der Waals surface area contributed by atoms with Crippen molar-refractivity contribution in [3.63, 3.8) is 0 Å². The first-order valence-electron chi connectivity index (χ1n) is 11.1. The van der Waals surface area contributed by atoms with Crippen LogP contribution in [-0.2, 0) is 0 Å². The number of carbonyl (C=O) groups is 1. The van der Waals surface area contributed by atoms with Gasteiger partial charge in [-0.1, -0.05) is 6.42 Å². The molecule has 3 heterocycles. The van der Waals surface area contributed by atoms with E-state index in [-0.39, 0.29) is 24.0 Å². The first-order chi connectivity index (χ1) is 15.5. The van der Waals surface area contributed by atoms with Crippen LogP contribution < -0.4 is 10.2 Å². The first kappa shape index (κ1) is 20.9. The maximum Gasteiger partial charge on any atom is 0.255 e. The van der Waals surface area contributed by atoms with E-state index in [2.05, 4.69) is 15.3 Å². The largest absolute Gasteiger partial charge is 0.396 e. The average molecular weight is 440 g/mol. The highest BCUT2D eigenvalue weighted by molar-refractivity contribution is 6.01. The molecule has 8 heteroatoms. The summed E-state index contributed by atoms with van der Waals surface area (Å²) in [6.07, 6.45) is 7.79. The van der Waals surface area contributed by atoms with Gasteiger partial charge in [0, 0.05) is 36.0 Å². The molecule has 0 spiro atoms. The highest BCUT2D eigenvalue weighted by Gasteiger charge is 2.36. The number of fused-ring (bicyclic) bond motifs is 1. The second kappa shape index (κ2) is 8.16. The van der Waals surface area contributed by atoms with Crippen molar-refractivity contribution < 1.29 is 18.7 Å². The Bertz CT molecular complexity index is 1150. The molecule has 1 saturated carbocycles. The molecule has 1 unspecified atom stereocenters. The zero-order valence-electron chi connectivity index (χ0n) is 17.7. The Morgan fingerprint density at radius 1 is 1.22 bits per heavy atom. The lowest BCUT2D eigenvalue weighted by Crippen LogP contribution is -2.44. The van der Waals surface area contributed by atoms with E-state index in [1.165, 1.54) is 18.3 Å². The van der Waals surface area contributed by atoms with Gasteiger partial charge in [0.25, 0.3) is 5.91 Å². The van der Waals surface area contributed by atoms with Gasteiger partial charge in [-0.25, -0.2) is 13.3 Å². The van der Waals surface area contributed by atoms with E-state index in [1.807, 2.05) is 12.1 Å². The molecule has 2 aromatic heterocycles. The van der Waals surface area contributed by atoms with Crippen LogP contribution in [0.3, 0.4) is 0 Å². The third-order valence-corrected chi connectivity index (χ3v) is 7.02. The van der Waals surface area contributed by atoms with Crippen molar-refractivity contribution in [1.29, 1.82) is 0 Å². The smallest absolute Gasteiger partial charge is 0.255 e. The van der Waals surface area contributed by atoms with Crippen molar-refractivity contribution in [2.24, 2.45) is 5.41 Å². The molecular formula is C24H26F2N4O2. The molecule has 0 bridgehead atoms. The highest BCUT2D eigenvalue weighted by atomic mass is 19.1. The van der Waals surface area contributed by atoms with Crippen LogP contribution in [0.4, 0.5) is 14.5 Å². The van der Waals surface area contributed by atoms with Crippen LogP contribution in [-0.4, -0.2) is 40.3 Å². The third-order valence-electron chi connectivity index (χ3n) is 7.02. The molecule has 5 rings (SSSR count). The number of nitrogens with one attached hydrogen (secondary N) is 1. The summed E-state index contributed by atoms with van der Waals surface area (Å²) in [4.78, 5) is 14.9. The summed E-state index contributed by atoms with van der Waals surface area (Å²) < 4.78 is 29.9. The Kier molecular flexibility index (Phi) is 5.33. The lowest BCUT2D eigenvalue weighted by atomic mass is 9.69. The first-order valence-corrected chi connectivity index (χ1v) is 11.1. The molecule has 168 valence electrons. The molecule has 2 aliphatic rings. The molecular weight excluding hydrogens is 414 g/mol. The third kappa shape index (κ3) is 3.62. The fraction of sp³-hybridized carbons (Fsp3) is 0.417. The summed E-state index contributed by atoms with van der Waals surface area (Å²) in [6, 6.07) is 7.06. The Hall–Kier alpha value is -3.00. The maximum absolute atomic E-state index is 14.5. The van der Waals surface area contributed by atoms with Gasteiger partial charge in [-0.15, -0.1) is 0 Å². The molecule has 0 radical (unpaired) electrons. The minimum atomic E-state index is -0.453. The molecule has 1 aromatic carbocycles. The zero-order chi connectivity index (χ0) is 22.3. The SMILES string of the molecule is O=C(NCC1(CO)CCC1)c1cnn2ccc(N3CCCC3c3cc(F)ccc3F)cc12. The van der Waals surface area contributed by atoms with E-state index < -0.39 is 11.6 Å². The van der Waals surface area contributed by atoms with Crippen LogP contribution in [0, 0.1) is 17.0 Å². The van der Waals surface area contributed by atoms with Crippen molar-refractivity contribution in [3.05, 3.63) is 65.5 Å². The Morgan fingerprint density at radius 3 is 2.81 bits per heavy atom. The molecule has 2 fully saturated rings. The number of amides is 1. The molecule has 1 aliphatic carbocycles. The minimum absolute atomic E-state index is 0.0686. The molecule has 32 heavy (non-hydrogen) atoms. The number of anilines is 1. The second-order valence-electron chi connectivity index (χ2n) is 8.98. The number of hydrogen-bond acceptors (Lipinski definition) is 4. The van der Waals surface area contributed by atoms with E-state index in [0.717, 1.165) is 43.9 Å². The van der Waals surface area contributed by atoms with E-state index in [4.69, 9.17) is 0 Å². The number of nitrogens with zero attached hydrogens (tertiary/aromatic N) is 3. The monoisotopic (exact) mass is 440 g/mol. The lowest BCUT2D eigenvalue weighted by molar-refractivity contribution is 0.0429. The summed E-state index contributed by atoms with van der Waals surface area (Å²) in [5, 5.41) is 16.9. The van der Waals surface area contributed by atoms with Crippen molar-refractivity contribution in [1.82, 2.24) is 14.9 Å². The number of benzene rings is 1. The molecule has 1 aliphatic heterocycles. The fourth-order valence-electron chi connectivity index (χ4n) is 4.92. The van der Waals surface area contributed by atoms with Crippen molar-refractivity contribution in [2.45, 2.75) is 38.1 Å². The summed E-state index contributed by atoms with van der Waals surface area (Å²) in [5.41, 5.74) is 2.08. The second-order valence-corrected chi connectivity index (χ2v) is 8.98. The minimum Gasteiger partial charge on any atom is -0.396 e. The number of aromatic nitrogens is 2. The normalized spacial score (nSPS) is 19.8. The van der Waals surface area contributed by atoms with E-state index in [0.29, 0.717) is 29.7 Å². The Balaban J connectivity index is 1.42. The number of aliphatic hydroxyl groups is 1. The van der Waals surface area contributed by atoms with Crippen LogP contribution in [0.2, 0.25) is 0 Å². The van der Waals surface area contributed by atoms with Gasteiger partial charge in [0.1, 0.15) is 11.6 Å². The number of carbonyl (C=O) groups excluding carboxylic acids is 1. The van der Waals surface area contributed by atoms with Crippen molar-refractivity contribution >= 4 is 17.1 Å². The lowest BCUT2D eigenvalue weighted by Gasteiger charge is -2.40. The van der Waals surface area contributed by atoms with Crippen LogP contribution >= 0.6 is 0 Å². The van der Waals surface area contributed by atoms with Crippen LogP contribution in [0.25, 0.3) is 5.52 Å². The van der Waals surface area contributed by atoms with Crippen molar-refractivity contribution in [3.8, 4) is 0 Å². The fourth-order valence-corrected chi connectivity index (χ4v) is 4.92. The molecule has 1 atom stereocenters. The van der Waals surface area contributed by atoms with E-state index in [1.54, 1.807) is 10.7 Å². The van der Waals surface area contributed by atoms with Gasteiger partial charge in [0.15, 0.2) is 0 Å². The van der Waals surface area contributed by atoms with Gasteiger partial charge in [-0.2, -0.15) is 5.10 Å². The molecule has 1 saturated heterocycles. The highest BCUT2D eigenvalue weighted by Crippen LogP contribution is 2.40. The zero-order valence-corrected chi connectivity index (χ0v) is 17.7. The number of hydrogen-bond donors (Lipinski definition) is 2. The summed E-state index contributed by atoms with van der Waals surface area (Å²) >= 11 is 0. The Morgan fingerprint density at radius 2 is 2.06 bits per heavy atom. The van der Waals surface area contributed by atoms with E-state index in [9.17, 15) is 18.7 Å². The number of rotatable bonds is 6. The van der Waals surface area contributed by atoms with E-state index >= 15 is 0 Å².